The summed E-state index contributed by atoms with van der Waals surface area (Å²) >= 11 is 0. The lowest BCUT2D eigenvalue weighted by Crippen LogP contribution is -2.44. The number of aliphatic carboxylic acids is 1. The third-order valence-corrected chi connectivity index (χ3v) is 8.21. The molecule has 1 unspecified atom stereocenters. The van der Waals surface area contributed by atoms with Gasteiger partial charge in [-0.05, 0) is 87.6 Å². The lowest BCUT2D eigenvalue weighted by molar-refractivity contribution is -0.142. The molecule has 0 spiro atoms. The van der Waals surface area contributed by atoms with E-state index in [9.17, 15) is 23.5 Å². The number of anilines is 1. The maximum Gasteiger partial charge on any atom is 0.326 e. The van der Waals surface area contributed by atoms with Crippen LogP contribution >= 0.6 is 0 Å². The molecule has 1 amide bonds. The zero-order valence-corrected chi connectivity index (χ0v) is 24.3. The Balaban J connectivity index is 1.25. The van der Waals surface area contributed by atoms with E-state index in [1.807, 2.05) is 30.3 Å². The first kappa shape index (κ1) is 31.7. The molecule has 1 fully saturated rings. The fraction of sp³-hybridized carbons (Fsp3) is 0.594. The molecule has 3 N–H and O–H groups in total. The van der Waals surface area contributed by atoms with Gasteiger partial charge in [-0.25, -0.2) is 18.6 Å². The number of aryl methyl sites for hydroxylation is 2. The minimum Gasteiger partial charge on any atom is -0.492 e. The molecule has 1 aliphatic carbocycles. The van der Waals surface area contributed by atoms with Crippen molar-refractivity contribution >= 4 is 17.7 Å². The maximum absolute atomic E-state index is 13.5. The van der Waals surface area contributed by atoms with Crippen LogP contribution in [0.5, 0.6) is 5.75 Å². The van der Waals surface area contributed by atoms with Crippen LogP contribution in [0.15, 0.2) is 42.5 Å². The molecule has 1 aliphatic heterocycles. The standard InChI is InChI=1S/C32H44F2N4O4/c33-32(34)16-13-24(14-17-32)23-29(39)37-28(31(40)41)15-20-38(21-22-42-27-9-2-1-3-10-27)19-5-4-8-26-12-11-25-7-6-18-35-30(25)36-26/h1-3,9-12,24,28H,4-8,13-23H2,(H,35,36)(H,37,39)(H,40,41). The highest BCUT2D eigenvalue weighted by Crippen LogP contribution is 2.37. The number of unbranched alkanes of at least 4 members (excludes halogenated alkanes) is 1. The summed E-state index contributed by atoms with van der Waals surface area (Å²) in [5.41, 5.74) is 2.34. The van der Waals surface area contributed by atoms with Crippen LogP contribution in [0.4, 0.5) is 14.6 Å². The van der Waals surface area contributed by atoms with E-state index in [0.29, 0.717) is 19.7 Å². The number of fused-ring (bicyclic) bond motifs is 1. The molecule has 0 bridgehead atoms. The Morgan fingerprint density at radius 3 is 2.64 bits per heavy atom. The summed E-state index contributed by atoms with van der Waals surface area (Å²) in [6, 6.07) is 12.8. The highest BCUT2D eigenvalue weighted by atomic mass is 19.3. The number of ether oxygens (including phenoxy) is 1. The third kappa shape index (κ3) is 10.5. The van der Waals surface area contributed by atoms with E-state index < -0.39 is 17.9 Å². The summed E-state index contributed by atoms with van der Waals surface area (Å²) in [4.78, 5) is 31.5. The van der Waals surface area contributed by atoms with Crippen molar-refractivity contribution in [1.29, 1.82) is 0 Å². The topological polar surface area (TPSA) is 104 Å². The summed E-state index contributed by atoms with van der Waals surface area (Å²) in [6.45, 7) is 3.27. The average molecular weight is 587 g/mol. The number of carboxylic acids is 1. The Bertz CT molecular complexity index is 1140. The second kappa shape index (κ2) is 15.8. The first-order valence-corrected chi connectivity index (χ1v) is 15.3. The molecule has 8 nitrogen and oxygen atoms in total. The molecule has 0 radical (unpaired) electrons. The van der Waals surface area contributed by atoms with Crippen LogP contribution in [0.3, 0.4) is 0 Å². The van der Waals surface area contributed by atoms with Gasteiger partial charge < -0.3 is 20.5 Å². The normalized spacial score (nSPS) is 17.2. The van der Waals surface area contributed by atoms with E-state index in [2.05, 4.69) is 27.7 Å². The number of nitrogens with zero attached hydrogens (tertiary/aromatic N) is 2. The molecule has 4 rings (SSSR count). The summed E-state index contributed by atoms with van der Waals surface area (Å²) in [7, 11) is 0. The molecular formula is C32H44F2N4O4. The number of nitrogens with one attached hydrogen (secondary N) is 2. The van der Waals surface area contributed by atoms with E-state index in [1.165, 1.54) is 5.56 Å². The van der Waals surface area contributed by atoms with Crippen LogP contribution in [0, 0.1) is 5.92 Å². The van der Waals surface area contributed by atoms with Crippen molar-refractivity contribution in [2.45, 2.75) is 82.6 Å². The second-order valence-corrected chi connectivity index (χ2v) is 11.6. The Hall–Kier alpha value is -3.27. The number of aromatic nitrogens is 1. The number of carboxylic acid groups (broad SMARTS) is 1. The number of amides is 1. The van der Waals surface area contributed by atoms with E-state index in [4.69, 9.17) is 9.72 Å². The molecule has 2 aromatic rings. The highest BCUT2D eigenvalue weighted by molar-refractivity contribution is 5.83. The number of alkyl halides is 2. The molecule has 42 heavy (non-hydrogen) atoms. The van der Waals surface area contributed by atoms with Crippen LogP contribution < -0.4 is 15.4 Å². The second-order valence-electron chi connectivity index (χ2n) is 11.6. The predicted molar refractivity (Wildman–Crippen MR) is 158 cm³/mol. The van der Waals surface area contributed by atoms with E-state index in [-0.39, 0.29) is 50.4 Å². The largest absolute Gasteiger partial charge is 0.492 e. The zero-order chi connectivity index (χ0) is 29.8. The van der Waals surface area contributed by atoms with Gasteiger partial charge in [0.1, 0.15) is 24.2 Å². The highest BCUT2D eigenvalue weighted by Gasteiger charge is 2.35. The van der Waals surface area contributed by atoms with Crippen molar-refractivity contribution in [3.05, 3.63) is 53.7 Å². The first-order chi connectivity index (χ1) is 20.3. The Morgan fingerprint density at radius 1 is 1.10 bits per heavy atom. The van der Waals surface area contributed by atoms with Gasteiger partial charge in [-0.1, -0.05) is 24.3 Å². The van der Waals surface area contributed by atoms with Gasteiger partial charge in [0.15, 0.2) is 0 Å². The lowest BCUT2D eigenvalue weighted by atomic mass is 9.84. The number of rotatable bonds is 16. The first-order valence-electron chi connectivity index (χ1n) is 15.3. The van der Waals surface area contributed by atoms with Gasteiger partial charge in [0.05, 0.1) is 0 Å². The van der Waals surface area contributed by atoms with E-state index in [1.54, 1.807) is 0 Å². The van der Waals surface area contributed by atoms with Gasteiger partial charge in [0, 0.05) is 44.6 Å². The monoisotopic (exact) mass is 586 g/mol. The molecule has 0 saturated heterocycles. The zero-order valence-electron chi connectivity index (χ0n) is 24.3. The summed E-state index contributed by atoms with van der Waals surface area (Å²) in [6.07, 6.45) is 5.38. The third-order valence-electron chi connectivity index (χ3n) is 8.21. The molecule has 10 heteroatoms. The minimum atomic E-state index is -2.65. The number of benzene rings is 1. The van der Waals surface area contributed by atoms with Crippen molar-refractivity contribution in [3.63, 3.8) is 0 Å². The molecule has 2 aliphatic rings. The number of carbonyl (C=O) groups is 2. The number of halogens is 2. The van der Waals surface area contributed by atoms with Crippen molar-refractivity contribution in [2.75, 3.05) is 38.1 Å². The fourth-order valence-electron chi connectivity index (χ4n) is 5.68. The van der Waals surface area contributed by atoms with Gasteiger partial charge in [-0.3, -0.25) is 9.69 Å². The van der Waals surface area contributed by atoms with Gasteiger partial charge in [-0.15, -0.1) is 0 Å². The number of hydrogen-bond donors (Lipinski definition) is 3. The van der Waals surface area contributed by atoms with E-state index >= 15 is 0 Å². The van der Waals surface area contributed by atoms with Gasteiger partial charge in [0.2, 0.25) is 11.8 Å². The van der Waals surface area contributed by atoms with Crippen molar-refractivity contribution in [2.24, 2.45) is 5.92 Å². The van der Waals surface area contributed by atoms with Crippen molar-refractivity contribution in [1.82, 2.24) is 15.2 Å². The van der Waals surface area contributed by atoms with Crippen LogP contribution in [-0.2, 0) is 22.4 Å². The summed E-state index contributed by atoms with van der Waals surface area (Å²) in [5, 5.41) is 15.8. The fourth-order valence-corrected chi connectivity index (χ4v) is 5.68. The quantitative estimate of drug-likeness (QED) is 0.229. The molecule has 1 saturated carbocycles. The molecule has 2 heterocycles. The molecule has 230 valence electrons. The van der Waals surface area contributed by atoms with Crippen LogP contribution in [0.1, 0.15) is 69.0 Å². The Kier molecular flexibility index (Phi) is 11.9. The minimum absolute atomic E-state index is 0.0841. The van der Waals surface area contributed by atoms with Crippen molar-refractivity contribution < 1.29 is 28.2 Å². The molecule has 1 aromatic heterocycles. The van der Waals surface area contributed by atoms with Gasteiger partial charge in [0.25, 0.3) is 0 Å². The average Bonchev–Trinajstić information content (AvgIpc) is 2.98. The SMILES string of the molecule is O=C(CC1CCC(F)(F)CC1)NC(CCN(CCCCc1ccc2c(n1)NCCC2)CCOc1ccccc1)C(=O)O. The van der Waals surface area contributed by atoms with Crippen LogP contribution in [0.25, 0.3) is 0 Å². The number of para-hydroxylation sites is 1. The van der Waals surface area contributed by atoms with Crippen molar-refractivity contribution in [3.8, 4) is 5.75 Å². The summed E-state index contributed by atoms with van der Waals surface area (Å²) in [5.74, 6) is -2.48. The number of hydrogen-bond acceptors (Lipinski definition) is 6. The summed E-state index contributed by atoms with van der Waals surface area (Å²) < 4.78 is 32.8. The Labute approximate surface area is 247 Å². The smallest absolute Gasteiger partial charge is 0.326 e. The van der Waals surface area contributed by atoms with E-state index in [0.717, 1.165) is 62.5 Å². The van der Waals surface area contributed by atoms with Gasteiger partial charge in [-0.2, -0.15) is 0 Å². The lowest BCUT2D eigenvalue weighted by Gasteiger charge is -2.28. The molecule has 1 aromatic carbocycles. The number of carbonyl (C=O) groups excluding carboxylic acids is 1. The Morgan fingerprint density at radius 2 is 1.88 bits per heavy atom. The predicted octanol–water partition coefficient (Wildman–Crippen LogP) is 5.32. The maximum atomic E-state index is 13.5. The van der Waals surface area contributed by atoms with Gasteiger partial charge >= 0.3 is 5.97 Å². The number of pyridine rings is 1. The molecule has 1 atom stereocenters. The van der Waals surface area contributed by atoms with Crippen LogP contribution in [-0.4, -0.2) is 71.6 Å². The molecular weight excluding hydrogens is 542 g/mol. The van der Waals surface area contributed by atoms with Crippen LogP contribution in [0.2, 0.25) is 0 Å².